The second-order valence-corrected chi connectivity index (χ2v) is 4.61. The van der Waals surface area contributed by atoms with Gasteiger partial charge in [0.25, 0.3) is 0 Å². The lowest BCUT2D eigenvalue weighted by Gasteiger charge is -2.16. The summed E-state index contributed by atoms with van der Waals surface area (Å²) in [6.45, 7) is 6.23. The van der Waals surface area contributed by atoms with Gasteiger partial charge >= 0.3 is 0 Å². The summed E-state index contributed by atoms with van der Waals surface area (Å²) in [6, 6.07) is 1.98. The second kappa shape index (κ2) is 6.54. The molecule has 0 heterocycles. The number of nitrogens with one attached hydrogen (secondary N) is 1. The van der Waals surface area contributed by atoms with Gasteiger partial charge in [0, 0.05) is 13.1 Å². The lowest BCUT2D eigenvalue weighted by atomic mass is 9.98. The number of nitrogens with two attached hydrogens (primary N) is 1. The van der Waals surface area contributed by atoms with Crippen LogP contribution in [0.3, 0.4) is 0 Å². The Kier molecular flexibility index (Phi) is 5.32. The van der Waals surface area contributed by atoms with E-state index in [0.29, 0.717) is 6.54 Å². The molecule has 1 rings (SSSR count). The standard InChI is InChI=1S/C14H22N2O3/c1-8-5-11(7-16-14(18)12(17)6-15)9(2)10(3)13(8)19-4/h5,12,17H,6-7,15H2,1-4H3,(H,16,18). The molecule has 0 aliphatic carbocycles. The first kappa shape index (κ1) is 15.5. The van der Waals surface area contributed by atoms with Crippen LogP contribution in [0.1, 0.15) is 22.3 Å². The molecule has 5 nitrogen and oxygen atoms in total. The fraction of sp³-hybridized carbons (Fsp3) is 0.500. The first-order chi connectivity index (χ1) is 8.92. The van der Waals surface area contributed by atoms with Gasteiger partial charge in [-0.2, -0.15) is 0 Å². The lowest BCUT2D eigenvalue weighted by Crippen LogP contribution is -2.38. The van der Waals surface area contributed by atoms with Crippen LogP contribution >= 0.6 is 0 Å². The third-order valence-electron chi connectivity index (χ3n) is 3.32. The Bertz CT molecular complexity index is 472. The molecule has 1 unspecified atom stereocenters. The molecule has 19 heavy (non-hydrogen) atoms. The minimum Gasteiger partial charge on any atom is -0.496 e. The van der Waals surface area contributed by atoms with Gasteiger partial charge in [-0.25, -0.2) is 0 Å². The van der Waals surface area contributed by atoms with Crippen molar-refractivity contribution in [3.05, 3.63) is 28.3 Å². The third kappa shape index (κ3) is 3.45. The van der Waals surface area contributed by atoms with Gasteiger partial charge in [-0.3, -0.25) is 4.79 Å². The lowest BCUT2D eigenvalue weighted by molar-refractivity contribution is -0.128. The van der Waals surface area contributed by atoms with Crippen LogP contribution in [0.25, 0.3) is 0 Å². The summed E-state index contributed by atoms with van der Waals surface area (Å²) in [4.78, 5) is 11.5. The van der Waals surface area contributed by atoms with Gasteiger partial charge in [-0.1, -0.05) is 6.07 Å². The van der Waals surface area contributed by atoms with E-state index in [1.54, 1.807) is 7.11 Å². The van der Waals surface area contributed by atoms with E-state index in [9.17, 15) is 9.90 Å². The molecule has 0 saturated heterocycles. The van der Waals surface area contributed by atoms with E-state index in [1.165, 1.54) is 0 Å². The van der Waals surface area contributed by atoms with E-state index in [2.05, 4.69) is 5.32 Å². The van der Waals surface area contributed by atoms with Gasteiger partial charge in [0.15, 0.2) is 0 Å². The van der Waals surface area contributed by atoms with Crippen LogP contribution in [-0.2, 0) is 11.3 Å². The molecule has 0 aliphatic rings. The van der Waals surface area contributed by atoms with E-state index in [0.717, 1.165) is 28.0 Å². The number of amides is 1. The fourth-order valence-corrected chi connectivity index (χ4v) is 2.05. The molecule has 106 valence electrons. The third-order valence-corrected chi connectivity index (χ3v) is 3.32. The van der Waals surface area contributed by atoms with Crippen LogP contribution in [0, 0.1) is 20.8 Å². The van der Waals surface area contributed by atoms with Crippen LogP contribution in [0.4, 0.5) is 0 Å². The van der Waals surface area contributed by atoms with Crippen LogP contribution in [0.5, 0.6) is 5.75 Å². The quantitative estimate of drug-likeness (QED) is 0.727. The van der Waals surface area contributed by atoms with Crippen molar-refractivity contribution in [3.63, 3.8) is 0 Å². The van der Waals surface area contributed by atoms with Crippen molar-refractivity contribution in [2.45, 2.75) is 33.4 Å². The Morgan fingerprint density at radius 2 is 2.05 bits per heavy atom. The number of aryl methyl sites for hydroxylation is 1. The normalized spacial score (nSPS) is 12.1. The number of carbonyl (C=O) groups is 1. The van der Waals surface area contributed by atoms with Crippen molar-refractivity contribution < 1.29 is 14.6 Å². The Morgan fingerprint density at radius 1 is 1.42 bits per heavy atom. The molecular formula is C14H22N2O3. The first-order valence-corrected chi connectivity index (χ1v) is 6.21. The molecule has 0 fully saturated rings. The van der Waals surface area contributed by atoms with Crippen molar-refractivity contribution in [3.8, 4) is 5.75 Å². The molecule has 1 aromatic carbocycles. The maximum absolute atomic E-state index is 11.5. The first-order valence-electron chi connectivity index (χ1n) is 6.21. The number of methoxy groups -OCH3 is 1. The molecule has 4 N–H and O–H groups in total. The van der Waals surface area contributed by atoms with Gasteiger partial charge in [0.1, 0.15) is 11.9 Å². The number of benzene rings is 1. The van der Waals surface area contributed by atoms with E-state index < -0.39 is 12.0 Å². The van der Waals surface area contributed by atoms with E-state index in [-0.39, 0.29) is 6.54 Å². The number of hydrogen-bond acceptors (Lipinski definition) is 4. The minimum absolute atomic E-state index is 0.0779. The predicted octanol–water partition coefficient (Wildman–Crippen LogP) is 0.556. The average molecular weight is 266 g/mol. The highest BCUT2D eigenvalue weighted by Crippen LogP contribution is 2.28. The van der Waals surface area contributed by atoms with Crippen LogP contribution in [0.2, 0.25) is 0 Å². The van der Waals surface area contributed by atoms with Crippen molar-refractivity contribution >= 4 is 5.91 Å². The van der Waals surface area contributed by atoms with E-state index in [1.807, 2.05) is 26.8 Å². The van der Waals surface area contributed by atoms with E-state index in [4.69, 9.17) is 10.5 Å². The maximum Gasteiger partial charge on any atom is 0.250 e. The summed E-state index contributed by atoms with van der Waals surface area (Å²) in [6.07, 6.45) is -1.15. The largest absolute Gasteiger partial charge is 0.496 e. The molecular weight excluding hydrogens is 244 g/mol. The number of hydrogen-bond donors (Lipinski definition) is 3. The zero-order chi connectivity index (χ0) is 14.6. The zero-order valence-electron chi connectivity index (χ0n) is 11.9. The summed E-state index contributed by atoms with van der Waals surface area (Å²) in [5, 5.41) is 12.0. The number of aliphatic hydroxyl groups is 1. The molecule has 5 heteroatoms. The van der Waals surface area contributed by atoms with Gasteiger partial charge < -0.3 is 20.9 Å². The second-order valence-electron chi connectivity index (χ2n) is 4.61. The summed E-state index contributed by atoms with van der Waals surface area (Å²) >= 11 is 0. The monoisotopic (exact) mass is 266 g/mol. The van der Waals surface area contributed by atoms with Crippen molar-refractivity contribution in [2.75, 3.05) is 13.7 Å². The van der Waals surface area contributed by atoms with Crippen molar-refractivity contribution in [1.82, 2.24) is 5.32 Å². The zero-order valence-corrected chi connectivity index (χ0v) is 11.9. The Labute approximate surface area is 113 Å². The average Bonchev–Trinajstić information content (AvgIpc) is 2.40. The number of carbonyl (C=O) groups excluding carboxylic acids is 1. The Balaban J connectivity index is 2.89. The smallest absolute Gasteiger partial charge is 0.250 e. The van der Waals surface area contributed by atoms with Crippen molar-refractivity contribution in [2.24, 2.45) is 5.73 Å². The van der Waals surface area contributed by atoms with Gasteiger partial charge in [-0.15, -0.1) is 0 Å². The molecule has 0 saturated carbocycles. The molecule has 1 atom stereocenters. The Hall–Kier alpha value is -1.59. The van der Waals surface area contributed by atoms with Gasteiger partial charge in [-0.05, 0) is 43.0 Å². The SMILES string of the molecule is COc1c(C)cc(CNC(=O)C(O)CN)c(C)c1C. The summed E-state index contributed by atoms with van der Waals surface area (Å²) in [5.41, 5.74) is 9.40. The van der Waals surface area contributed by atoms with Gasteiger partial charge in [0.2, 0.25) is 5.91 Å². The van der Waals surface area contributed by atoms with Crippen LogP contribution < -0.4 is 15.8 Å². The highest BCUT2D eigenvalue weighted by molar-refractivity contribution is 5.80. The molecule has 0 bridgehead atoms. The minimum atomic E-state index is -1.15. The van der Waals surface area contributed by atoms with Gasteiger partial charge in [0.05, 0.1) is 7.11 Å². The molecule has 0 aliphatic heterocycles. The molecule has 0 aromatic heterocycles. The fourth-order valence-electron chi connectivity index (χ4n) is 2.05. The molecule has 0 spiro atoms. The topological polar surface area (TPSA) is 84.6 Å². The summed E-state index contributed by atoms with van der Waals surface area (Å²) < 4.78 is 5.35. The molecule has 0 radical (unpaired) electrons. The number of ether oxygens (including phenoxy) is 1. The van der Waals surface area contributed by atoms with Crippen LogP contribution in [0.15, 0.2) is 6.07 Å². The number of aliphatic hydroxyl groups excluding tert-OH is 1. The Morgan fingerprint density at radius 3 is 2.58 bits per heavy atom. The highest BCUT2D eigenvalue weighted by Gasteiger charge is 2.14. The highest BCUT2D eigenvalue weighted by atomic mass is 16.5. The maximum atomic E-state index is 11.5. The van der Waals surface area contributed by atoms with Crippen molar-refractivity contribution in [1.29, 1.82) is 0 Å². The molecule has 1 aromatic rings. The predicted molar refractivity (Wildman–Crippen MR) is 74.1 cm³/mol. The summed E-state index contributed by atoms with van der Waals surface area (Å²) in [7, 11) is 1.65. The van der Waals surface area contributed by atoms with E-state index >= 15 is 0 Å². The summed E-state index contributed by atoms with van der Waals surface area (Å²) in [5.74, 6) is 0.419. The van der Waals surface area contributed by atoms with Crippen LogP contribution in [-0.4, -0.2) is 30.8 Å². The number of rotatable bonds is 5. The molecule has 1 amide bonds.